The second kappa shape index (κ2) is 7.54. The minimum Gasteiger partial charge on any atom is -0.472 e. The molecule has 15 heavy (non-hydrogen) atoms. The fourth-order valence-corrected chi connectivity index (χ4v) is 1.15. The molecule has 0 unspecified atom stereocenters. The lowest BCUT2D eigenvalue weighted by Crippen LogP contribution is -2.07. The number of hydrogen-bond acceptors (Lipinski definition) is 3. The Bertz CT molecular complexity index is 334. The van der Waals surface area contributed by atoms with Crippen LogP contribution in [0.2, 0.25) is 10.2 Å². The van der Waals surface area contributed by atoms with Gasteiger partial charge in [-0.05, 0) is 6.07 Å². The van der Waals surface area contributed by atoms with Crippen molar-refractivity contribution in [2.24, 2.45) is 0 Å². The number of aromatic nitrogens is 1. The topological polar surface area (TPSA) is 39.2 Å². The summed E-state index contributed by atoms with van der Waals surface area (Å²) in [6.45, 7) is 3.80. The smallest absolute Gasteiger partial charge is 0.340 e. The number of halogens is 2. The zero-order chi connectivity index (χ0) is 11.8. The van der Waals surface area contributed by atoms with E-state index in [0.717, 1.165) is 0 Å². The van der Waals surface area contributed by atoms with E-state index in [1.54, 1.807) is 0 Å². The van der Waals surface area contributed by atoms with E-state index in [1.807, 2.05) is 13.8 Å². The Morgan fingerprint density at radius 1 is 1.53 bits per heavy atom. The van der Waals surface area contributed by atoms with Gasteiger partial charge in [0.2, 0.25) is 0 Å². The van der Waals surface area contributed by atoms with Gasteiger partial charge in [-0.1, -0.05) is 37.0 Å². The van der Waals surface area contributed by atoms with Gasteiger partial charge in [0.1, 0.15) is 13.0 Å². The summed E-state index contributed by atoms with van der Waals surface area (Å²) in [4.78, 5) is 14.8. The molecule has 0 N–H and O–H groups in total. The third-order valence-electron chi connectivity index (χ3n) is 1.25. The van der Waals surface area contributed by atoms with Crippen molar-refractivity contribution in [1.82, 2.24) is 4.98 Å². The molecule has 0 saturated heterocycles. The standard InChI is InChI=1S/C7H4BCl2NO2.C2H6/c8-3-13-7(12)4-2-11-6(10)1-5(4)9;1-2/h1-2H,3H2;1-2H3. The highest BCUT2D eigenvalue weighted by atomic mass is 35.5. The van der Waals surface area contributed by atoms with Crippen LogP contribution in [0.3, 0.4) is 0 Å². The Balaban J connectivity index is 0.000000921. The molecule has 0 aliphatic heterocycles. The van der Waals surface area contributed by atoms with Crippen LogP contribution >= 0.6 is 23.2 Å². The zero-order valence-electron chi connectivity index (χ0n) is 8.46. The number of rotatable bonds is 2. The number of ether oxygens (including phenoxy) is 1. The molecule has 80 valence electrons. The number of carbonyl (C=O) groups is 1. The molecule has 0 spiro atoms. The SMILES string of the molecule is CC.[B]COC(=O)c1cnc(Cl)cc1Cl. The van der Waals surface area contributed by atoms with Gasteiger partial charge in [0.15, 0.2) is 0 Å². The van der Waals surface area contributed by atoms with E-state index >= 15 is 0 Å². The number of esters is 1. The third kappa shape index (κ3) is 4.54. The van der Waals surface area contributed by atoms with Gasteiger partial charge < -0.3 is 4.74 Å². The molecule has 0 bridgehead atoms. The van der Waals surface area contributed by atoms with Gasteiger partial charge in [-0.25, -0.2) is 9.78 Å². The van der Waals surface area contributed by atoms with Crippen molar-refractivity contribution >= 4 is 37.0 Å². The van der Waals surface area contributed by atoms with Gasteiger partial charge >= 0.3 is 5.97 Å². The van der Waals surface area contributed by atoms with Crippen molar-refractivity contribution in [1.29, 1.82) is 0 Å². The largest absolute Gasteiger partial charge is 0.472 e. The van der Waals surface area contributed by atoms with E-state index in [2.05, 4.69) is 9.72 Å². The predicted octanol–water partition coefficient (Wildman–Crippen LogP) is 2.70. The Morgan fingerprint density at radius 3 is 2.60 bits per heavy atom. The second-order valence-electron chi connectivity index (χ2n) is 2.09. The molecule has 0 aliphatic carbocycles. The molecule has 1 heterocycles. The molecule has 6 heteroatoms. The van der Waals surface area contributed by atoms with Gasteiger partial charge in [0.05, 0.1) is 10.6 Å². The maximum absolute atomic E-state index is 11.1. The van der Waals surface area contributed by atoms with E-state index in [-0.39, 0.29) is 22.2 Å². The number of hydrogen-bond donors (Lipinski definition) is 0. The van der Waals surface area contributed by atoms with Crippen molar-refractivity contribution in [3.8, 4) is 0 Å². The van der Waals surface area contributed by atoms with E-state index in [1.165, 1.54) is 12.3 Å². The predicted molar refractivity (Wildman–Crippen MR) is 61.6 cm³/mol. The fraction of sp³-hybridized carbons (Fsp3) is 0.333. The van der Waals surface area contributed by atoms with Crippen LogP contribution in [0.4, 0.5) is 0 Å². The highest BCUT2D eigenvalue weighted by Gasteiger charge is 2.11. The number of carbonyl (C=O) groups excluding carboxylic acids is 1. The van der Waals surface area contributed by atoms with Gasteiger partial charge in [-0.3, -0.25) is 0 Å². The van der Waals surface area contributed by atoms with Crippen molar-refractivity contribution in [2.75, 3.05) is 6.51 Å². The first-order valence-electron chi connectivity index (χ1n) is 4.33. The monoisotopic (exact) mass is 245 g/mol. The summed E-state index contributed by atoms with van der Waals surface area (Å²) in [6, 6.07) is 1.36. The van der Waals surface area contributed by atoms with Gasteiger partial charge in [-0.2, -0.15) is 0 Å². The fourth-order valence-electron chi connectivity index (χ4n) is 0.711. The molecule has 0 saturated carbocycles. The summed E-state index contributed by atoms with van der Waals surface area (Å²) in [6.07, 6.45) is 1.24. The van der Waals surface area contributed by atoms with Crippen molar-refractivity contribution in [3.63, 3.8) is 0 Å². The van der Waals surface area contributed by atoms with Crippen LogP contribution in [0.1, 0.15) is 24.2 Å². The van der Waals surface area contributed by atoms with Crippen LogP contribution in [-0.4, -0.2) is 25.3 Å². The highest BCUT2D eigenvalue weighted by molar-refractivity contribution is 6.36. The minimum absolute atomic E-state index is 0.150. The molecule has 3 nitrogen and oxygen atoms in total. The molecule has 1 aromatic heterocycles. The van der Waals surface area contributed by atoms with Crippen molar-refractivity contribution < 1.29 is 9.53 Å². The second-order valence-corrected chi connectivity index (χ2v) is 2.88. The number of pyridine rings is 1. The maximum atomic E-state index is 11.1. The summed E-state index contributed by atoms with van der Waals surface area (Å²) in [7, 11) is 5.01. The Morgan fingerprint density at radius 2 is 2.13 bits per heavy atom. The van der Waals surface area contributed by atoms with Crippen molar-refractivity contribution in [3.05, 3.63) is 28.0 Å². The van der Waals surface area contributed by atoms with E-state index < -0.39 is 5.97 Å². The summed E-state index contributed by atoms with van der Waals surface area (Å²) in [5, 5.41) is 0.410. The molecule has 2 radical (unpaired) electrons. The normalized spacial score (nSPS) is 8.80. The molecule has 0 aromatic carbocycles. The van der Waals surface area contributed by atoms with E-state index in [4.69, 9.17) is 31.0 Å². The van der Waals surface area contributed by atoms with Crippen LogP contribution in [0.25, 0.3) is 0 Å². The molecular weight excluding hydrogens is 236 g/mol. The summed E-state index contributed by atoms with van der Waals surface area (Å²) in [5.74, 6) is -0.614. The van der Waals surface area contributed by atoms with Crippen LogP contribution in [0.15, 0.2) is 12.3 Å². The Labute approximate surface area is 100 Å². The lowest BCUT2D eigenvalue weighted by atomic mass is 10.2. The lowest BCUT2D eigenvalue weighted by molar-refractivity contribution is 0.0573. The van der Waals surface area contributed by atoms with Gasteiger partial charge in [0, 0.05) is 12.7 Å². The molecule has 1 rings (SSSR count). The first-order chi connectivity index (χ1) is 7.15. The zero-order valence-corrected chi connectivity index (χ0v) is 9.97. The number of nitrogens with zero attached hydrogens (tertiary/aromatic N) is 1. The minimum atomic E-state index is -0.614. The summed E-state index contributed by atoms with van der Waals surface area (Å²) in [5.41, 5.74) is 0.150. The molecule has 0 amide bonds. The van der Waals surface area contributed by atoms with Crippen molar-refractivity contribution in [2.45, 2.75) is 13.8 Å². The Kier molecular flexibility index (Phi) is 7.17. The molecular formula is C9H10BCl2NO2. The molecule has 1 aromatic rings. The van der Waals surface area contributed by atoms with Crippen LogP contribution < -0.4 is 0 Å². The summed E-state index contributed by atoms with van der Waals surface area (Å²) >= 11 is 11.2. The average molecular weight is 246 g/mol. The highest BCUT2D eigenvalue weighted by Crippen LogP contribution is 2.18. The van der Waals surface area contributed by atoms with Gasteiger partial charge in [-0.15, -0.1) is 0 Å². The average Bonchev–Trinajstić information content (AvgIpc) is 2.21. The van der Waals surface area contributed by atoms with Crippen LogP contribution in [0, 0.1) is 0 Å². The summed E-state index contributed by atoms with van der Waals surface area (Å²) < 4.78 is 4.52. The molecule has 0 atom stereocenters. The molecule has 0 aliphatic rings. The Hall–Kier alpha value is -0.735. The lowest BCUT2D eigenvalue weighted by Gasteiger charge is -2.02. The van der Waals surface area contributed by atoms with Crippen LogP contribution in [-0.2, 0) is 4.74 Å². The van der Waals surface area contributed by atoms with E-state index in [9.17, 15) is 4.79 Å². The van der Waals surface area contributed by atoms with E-state index in [0.29, 0.717) is 0 Å². The quantitative estimate of drug-likeness (QED) is 0.457. The molecule has 0 fully saturated rings. The van der Waals surface area contributed by atoms with Gasteiger partial charge in [0.25, 0.3) is 0 Å². The first-order valence-corrected chi connectivity index (χ1v) is 5.09. The third-order valence-corrected chi connectivity index (χ3v) is 1.77. The van der Waals surface area contributed by atoms with Crippen LogP contribution in [0.5, 0.6) is 0 Å². The maximum Gasteiger partial charge on any atom is 0.340 e. The first kappa shape index (κ1) is 14.3.